The molecule has 1 aromatic carbocycles. The number of hydrogen-bond donors (Lipinski definition) is 1. The normalized spacial score (nSPS) is 20.4. The van der Waals surface area contributed by atoms with Crippen LogP contribution in [0.3, 0.4) is 0 Å². The van der Waals surface area contributed by atoms with E-state index in [0.717, 1.165) is 18.9 Å². The van der Waals surface area contributed by atoms with Gasteiger partial charge in [0, 0.05) is 17.6 Å². The molecule has 2 fully saturated rings. The van der Waals surface area contributed by atoms with E-state index in [2.05, 4.69) is 5.32 Å². The van der Waals surface area contributed by atoms with Gasteiger partial charge in [-0.1, -0.05) is 6.07 Å². The van der Waals surface area contributed by atoms with Crippen LogP contribution in [0.1, 0.15) is 29.6 Å². The Labute approximate surface area is 161 Å². The highest BCUT2D eigenvalue weighted by Crippen LogP contribution is 2.32. The second-order valence-electron chi connectivity index (χ2n) is 6.94. The molecule has 10 heteroatoms. The summed E-state index contributed by atoms with van der Waals surface area (Å²) in [5, 5.41) is 2.30. The minimum absolute atomic E-state index is 0.00261. The van der Waals surface area contributed by atoms with E-state index in [0.29, 0.717) is 6.42 Å². The average molecular weight is 412 g/mol. The molecule has 1 aromatic rings. The van der Waals surface area contributed by atoms with Crippen molar-refractivity contribution in [3.05, 3.63) is 35.6 Å². The number of esters is 1. The van der Waals surface area contributed by atoms with E-state index in [1.165, 1.54) is 23.1 Å². The first kappa shape index (κ1) is 20.2. The molecule has 2 amide bonds. The van der Waals surface area contributed by atoms with Gasteiger partial charge < -0.3 is 15.0 Å². The molecule has 0 radical (unpaired) electrons. The molecule has 0 aromatic heterocycles. The average Bonchev–Trinajstić information content (AvgIpc) is 3.41. The van der Waals surface area contributed by atoms with Crippen LogP contribution < -0.4 is 5.32 Å². The van der Waals surface area contributed by atoms with E-state index < -0.39 is 46.6 Å². The van der Waals surface area contributed by atoms with E-state index >= 15 is 0 Å². The molecule has 0 unspecified atom stereocenters. The molecule has 1 aliphatic carbocycles. The van der Waals surface area contributed by atoms with Gasteiger partial charge in [0.1, 0.15) is 12.4 Å². The first-order valence-electron chi connectivity index (χ1n) is 8.96. The van der Waals surface area contributed by atoms with E-state index in [9.17, 15) is 27.2 Å². The Morgan fingerprint density at radius 2 is 1.93 bits per heavy atom. The van der Waals surface area contributed by atoms with Crippen LogP contribution in [-0.2, 0) is 24.2 Å². The second kappa shape index (κ2) is 8.26. The van der Waals surface area contributed by atoms with Gasteiger partial charge in [-0.25, -0.2) is 12.8 Å². The number of benzene rings is 1. The zero-order valence-corrected chi connectivity index (χ0v) is 15.9. The summed E-state index contributed by atoms with van der Waals surface area (Å²) in [5.74, 6) is -2.47. The molecule has 152 valence electrons. The van der Waals surface area contributed by atoms with E-state index in [-0.39, 0.29) is 29.2 Å². The Morgan fingerprint density at radius 3 is 2.54 bits per heavy atom. The first-order chi connectivity index (χ1) is 13.2. The topological polar surface area (TPSA) is 110 Å². The van der Waals surface area contributed by atoms with Crippen LogP contribution in [0.5, 0.6) is 0 Å². The van der Waals surface area contributed by atoms with E-state index in [4.69, 9.17) is 4.74 Å². The highest BCUT2D eigenvalue weighted by atomic mass is 32.2. The molecule has 2 aliphatic rings. The van der Waals surface area contributed by atoms with Crippen molar-refractivity contribution in [3.63, 3.8) is 0 Å². The van der Waals surface area contributed by atoms with Crippen molar-refractivity contribution < 1.29 is 31.9 Å². The van der Waals surface area contributed by atoms with Gasteiger partial charge in [-0.05, 0) is 37.5 Å². The van der Waals surface area contributed by atoms with Crippen molar-refractivity contribution in [3.8, 4) is 0 Å². The highest BCUT2D eigenvalue weighted by molar-refractivity contribution is 7.91. The number of hydrogen-bond acceptors (Lipinski definition) is 6. The number of amides is 2. The maximum atomic E-state index is 13.1. The van der Waals surface area contributed by atoms with Gasteiger partial charge in [0.05, 0.1) is 11.5 Å². The van der Waals surface area contributed by atoms with Crippen LogP contribution in [-0.4, -0.2) is 67.8 Å². The third-order valence-electron chi connectivity index (χ3n) is 4.67. The number of carbonyl (C=O) groups is 3. The fourth-order valence-electron chi connectivity index (χ4n) is 3.20. The molecule has 1 heterocycles. The van der Waals surface area contributed by atoms with Gasteiger partial charge in [0.15, 0.2) is 16.4 Å². The maximum Gasteiger partial charge on any atom is 0.325 e. The van der Waals surface area contributed by atoms with Gasteiger partial charge in [0.2, 0.25) is 0 Å². The SMILES string of the molecule is O=C(CNC(=O)c1cccc(F)c1)OCC(=O)N(C1CC1)[C@@H]1CCS(=O)(=O)C1. The Kier molecular flexibility index (Phi) is 5.97. The fraction of sp³-hybridized carbons (Fsp3) is 0.500. The Bertz CT molecular complexity index is 884. The predicted molar refractivity (Wildman–Crippen MR) is 96.6 cm³/mol. The molecule has 8 nitrogen and oxygen atoms in total. The molecule has 3 rings (SSSR count). The van der Waals surface area contributed by atoms with E-state index in [1.54, 1.807) is 0 Å². The monoisotopic (exact) mass is 412 g/mol. The quantitative estimate of drug-likeness (QED) is 0.644. The third-order valence-corrected chi connectivity index (χ3v) is 6.42. The Balaban J connectivity index is 1.47. The van der Waals surface area contributed by atoms with Gasteiger partial charge in [-0.2, -0.15) is 0 Å². The molecule has 28 heavy (non-hydrogen) atoms. The number of rotatable bonds is 7. The van der Waals surface area contributed by atoms with Crippen molar-refractivity contribution in [1.82, 2.24) is 10.2 Å². The van der Waals surface area contributed by atoms with Crippen LogP contribution in [0.2, 0.25) is 0 Å². The molecule has 0 spiro atoms. The summed E-state index contributed by atoms with van der Waals surface area (Å²) in [6.07, 6.45) is 2.00. The van der Waals surface area contributed by atoms with Crippen LogP contribution in [0.25, 0.3) is 0 Å². The Hall–Kier alpha value is -2.49. The lowest BCUT2D eigenvalue weighted by atomic mass is 10.2. The lowest BCUT2D eigenvalue weighted by molar-refractivity contribution is -0.152. The summed E-state index contributed by atoms with van der Waals surface area (Å²) in [4.78, 5) is 37.6. The maximum absolute atomic E-state index is 13.1. The van der Waals surface area contributed by atoms with Gasteiger partial charge >= 0.3 is 5.97 Å². The van der Waals surface area contributed by atoms with Crippen LogP contribution in [0.4, 0.5) is 4.39 Å². The number of sulfone groups is 1. The lowest BCUT2D eigenvalue weighted by Gasteiger charge is -2.28. The number of nitrogens with one attached hydrogen (secondary N) is 1. The second-order valence-corrected chi connectivity index (χ2v) is 9.17. The predicted octanol–water partition coefficient (Wildman–Crippen LogP) is 0.277. The van der Waals surface area contributed by atoms with Crippen molar-refractivity contribution >= 4 is 27.6 Å². The summed E-state index contributed by atoms with van der Waals surface area (Å²) in [6.45, 7) is -0.981. The molecule has 1 aliphatic heterocycles. The minimum atomic E-state index is -3.13. The summed E-state index contributed by atoms with van der Waals surface area (Å²) in [6, 6.07) is 4.62. The van der Waals surface area contributed by atoms with Crippen molar-refractivity contribution in [2.75, 3.05) is 24.7 Å². The summed E-state index contributed by atoms with van der Waals surface area (Å²) >= 11 is 0. The molecular weight excluding hydrogens is 391 g/mol. The largest absolute Gasteiger partial charge is 0.454 e. The van der Waals surface area contributed by atoms with Crippen LogP contribution in [0, 0.1) is 5.82 Å². The summed E-state index contributed by atoms with van der Waals surface area (Å²) in [5.41, 5.74) is 0.0613. The zero-order valence-electron chi connectivity index (χ0n) is 15.1. The molecule has 1 saturated carbocycles. The minimum Gasteiger partial charge on any atom is -0.454 e. The van der Waals surface area contributed by atoms with Crippen molar-refractivity contribution in [2.45, 2.75) is 31.3 Å². The Morgan fingerprint density at radius 1 is 1.18 bits per heavy atom. The number of ether oxygens (including phenoxy) is 1. The van der Waals surface area contributed by atoms with Crippen LogP contribution >= 0.6 is 0 Å². The standard InChI is InChI=1S/C18H21FN2O6S/c19-13-3-1-2-12(8-13)18(24)20-9-17(23)27-10-16(22)21(14-4-5-14)15-6-7-28(25,26)11-15/h1-3,8,14-15H,4-7,9-11H2,(H,20,24)/t15-/m1/s1. The van der Waals surface area contributed by atoms with Crippen molar-refractivity contribution in [1.29, 1.82) is 0 Å². The smallest absolute Gasteiger partial charge is 0.325 e. The zero-order chi connectivity index (χ0) is 20.3. The summed E-state index contributed by atoms with van der Waals surface area (Å²) < 4.78 is 41.4. The number of nitrogens with zero attached hydrogens (tertiary/aromatic N) is 1. The van der Waals surface area contributed by atoms with Gasteiger partial charge in [-0.15, -0.1) is 0 Å². The summed E-state index contributed by atoms with van der Waals surface area (Å²) in [7, 11) is -3.13. The van der Waals surface area contributed by atoms with Gasteiger partial charge in [0.25, 0.3) is 11.8 Å². The molecule has 1 atom stereocenters. The molecule has 1 N–H and O–H groups in total. The number of carbonyl (C=O) groups excluding carboxylic acids is 3. The van der Waals surface area contributed by atoms with Gasteiger partial charge in [-0.3, -0.25) is 14.4 Å². The van der Waals surface area contributed by atoms with Crippen LogP contribution in [0.15, 0.2) is 24.3 Å². The highest BCUT2D eigenvalue weighted by Gasteiger charge is 2.42. The fourth-order valence-corrected chi connectivity index (χ4v) is 4.92. The first-order valence-corrected chi connectivity index (χ1v) is 10.8. The third kappa shape index (κ3) is 5.28. The van der Waals surface area contributed by atoms with E-state index in [1.807, 2.05) is 0 Å². The molecule has 0 bridgehead atoms. The molecule has 1 saturated heterocycles. The molecular formula is C18H21FN2O6S. The lowest BCUT2D eigenvalue weighted by Crippen LogP contribution is -2.45. The van der Waals surface area contributed by atoms with Crippen molar-refractivity contribution in [2.24, 2.45) is 0 Å². The number of halogens is 1.